The third-order valence-corrected chi connectivity index (χ3v) is 6.48. The van der Waals surface area contributed by atoms with Gasteiger partial charge in [0, 0.05) is 25.9 Å². The molecule has 2 aromatic carbocycles. The average molecular weight is 444 g/mol. The molecule has 0 saturated carbocycles. The lowest BCUT2D eigenvalue weighted by molar-refractivity contribution is -0.129. The summed E-state index contributed by atoms with van der Waals surface area (Å²) in [4.78, 5) is 34.1. The highest BCUT2D eigenvalue weighted by molar-refractivity contribution is 5.97. The smallest absolute Gasteiger partial charge is 0.327 e. The van der Waals surface area contributed by atoms with E-state index in [2.05, 4.69) is 4.98 Å². The summed E-state index contributed by atoms with van der Waals surface area (Å²) in [5.41, 5.74) is 3.03. The number of ether oxygens (including phenoxy) is 1. The van der Waals surface area contributed by atoms with E-state index in [1.54, 1.807) is 31.5 Å². The number of methoxy groups -OCH3 is 1. The Morgan fingerprint density at radius 2 is 1.79 bits per heavy atom. The molecule has 0 N–H and O–H groups in total. The van der Waals surface area contributed by atoms with Crippen molar-refractivity contribution in [2.45, 2.75) is 37.8 Å². The van der Waals surface area contributed by atoms with E-state index >= 15 is 0 Å². The minimum absolute atomic E-state index is 0.106. The molecule has 3 atom stereocenters. The number of likely N-dealkylation sites (N-methyl/N-ethyl adjacent to an activating group) is 1. The Morgan fingerprint density at radius 3 is 2.42 bits per heavy atom. The van der Waals surface area contributed by atoms with Crippen molar-refractivity contribution >= 4 is 11.9 Å². The van der Waals surface area contributed by atoms with Crippen LogP contribution in [0.2, 0.25) is 0 Å². The van der Waals surface area contributed by atoms with Gasteiger partial charge in [-0.05, 0) is 54.2 Å². The van der Waals surface area contributed by atoms with Gasteiger partial charge in [0.1, 0.15) is 5.75 Å². The number of benzene rings is 2. The number of carbonyl (C=O) groups excluding carboxylic acids is 2. The number of nitrogens with zero attached hydrogens (tertiary/aromatic N) is 3. The summed E-state index contributed by atoms with van der Waals surface area (Å²) >= 11 is 0. The van der Waals surface area contributed by atoms with Gasteiger partial charge < -0.3 is 9.64 Å². The fourth-order valence-corrected chi connectivity index (χ4v) is 4.51. The Hall–Kier alpha value is -3.67. The van der Waals surface area contributed by atoms with Crippen molar-refractivity contribution in [1.82, 2.24) is 14.8 Å². The highest BCUT2D eigenvalue weighted by Gasteiger charge is 2.45. The van der Waals surface area contributed by atoms with Crippen molar-refractivity contribution in [2.75, 3.05) is 14.2 Å². The number of carbonyl (C=O) groups is 2. The van der Waals surface area contributed by atoms with E-state index in [0.717, 1.165) is 22.4 Å². The summed E-state index contributed by atoms with van der Waals surface area (Å²) in [5, 5.41) is 0. The number of hydrogen-bond acceptors (Lipinski definition) is 4. The first-order valence-corrected chi connectivity index (χ1v) is 11.2. The first-order chi connectivity index (χ1) is 16.0. The molecule has 2 heterocycles. The molecular weight excluding hydrogens is 414 g/mol. The number of amides is 3. The van der Waals surface area contributed by atoms with Crippen molar-refractivity contribution in [3.63, 3.8) is 0 Å². The van der Waals surface area contributed by atoms with Crippen LogP contribution in [0.1, 0.15) is 42.0 Å². The van der Waals surface area contributed by atoms with Crippen LogP contribution >= 0.6 is 0 Å². The van der Waals surface area contributed by atoms with Crippen LogP contribution < -0.4 is 4.74 Å². The van der Waals surface area contributed by atoms with Gasteiger partial charge in [0.25, 0.3) is 0 Å². The summed E-state index contributed by atoms with van der Waals surface area (Å²) in [7, 11) is 3.40. The highest BCUT2D eigenvalue weighted by atomic mass is 16.5. The SMILES string of the molecule is COc1ccc(C[C@@H](CC(=O)N2C(=O)N(C)[C@@H](C)C2c2ccccc2)c2cccnc2)cc1. The molecule has 1 aromatic heterocycles. The first-order valence-electron chi connectivity index (χ1n) is 11.2. The summed E-state index contributed by atoms with van der Waals surface area (Å²) in [5.74, 6) is 0.510. The van der Waals surface area contributed by atoms with Gasteiger partial charge in [-0.25, -0.2) is 4.79 Å². The number of urea groups is 1. The highest BCUT2D eigenvalue weighted by Crippen LogP contribution is 2.36. The van der Waals surface area contributed by atoms with Crippen LogP contribution in [0.25, 0.3) is 0 Å². The standard InChI is InChI=1S/C27H29N3O3/c1-19-26(21-8-5-4-6-9-21)30(27(32)29(19)2)25(31)17-23(22-10-7-15-28-18-22)16-20-11-13-24(33-3)14-12-20/h4-15,18-19,23,26H,16-17H2,1-3H3/t19-,23-,26?/m0/s1. The minimum atomic E-state index is -0.313. The van der Waals surface area contributed by atoms with Gasteiger partial charge in [-0.3, -0.25) is 14.7 Å². The molecule has 1 aliphatic rings. The largest absolute Gasteiger partial charge is 0.497 e. The molecule has 1 unspecified atom stereocenters. The van der Waals surface area contributed by atoms with E-state index in [-0.39, 0.29) is 36.4 Å². The topological polar surface area (TPSA) is 62.7 Å². The summed E-state index contributed by atoms with van der Waals surface area (Å²) in [6.45, 7) is 1.98. The van der Waals surface area contributed by atoms with Crippen LogP contribution in [0.5, 0.6) is 5.75 Å². The van der Waals surface area contributed by atoms with Crippen LogP contribution in [0.4, 0.5) is 4.79 Å². The Balaban J connectivity index is 1.61. The molecule has 0 spiro atoms. The third-order valence-electron chi connectivity index (χ3n) is 6.48. The van der Waals surface area contributed by atoms with E-state index in [0.29, 0.717) is 6.42 Å². The summed E-state index contributed by atoms with van der Waals surface area (Å²) in [6, 6.07) is 20.8. The number of hydrogen-bond donors (Lipinski definition) is 0. The lowest BCUT2D eigenvalue weighted by Gasteiger charge is -2.26. The van der Waals surface area contributed by atoms with Crippen molar-refractivity contribution in [2.24, 2.45) is 0 Å². The van der Waals surface area contributed by atoms with E-state index in [1.807, 2.05) is 73.7 Å². The Kier molecular flexibility index (Phi) is 6.73. The van der Waals surface area contributed by atoms with Crippen molar-refractivity contribution in [3.05, 3.63) is 95.8 Å². The fourth-order valence-electron chi connectivity index (χ4n) is 4.51. The van der Waals surface area contributed by atoms with Gasteiger partial charge in [0.05, 0.1) is 19.2 Å². The van der Waals surface area contributed by atoms with Gasteiger partial charge in [0.2, 0.25) is 5.91 Å². The van der Waals surface area contributed by atoms with Gasteiger partial charge >= 0.3 is 6.03 Å². The van der Waals surface area contributed by atoms with Gasteiger partial charge in [0.15, 0.2) is 0 Å². The fraction of sp³-hybridized carbons (Fsp3) is 0.296. The molecule has 0 bridgehead atoms. The molecular formula is C27H29N3O3. The zero-order valence-corrected chi connectivity index (χ0v) is 19.2. The molecule has 1 saturated heterocycles. The average Bonchev–Trinajstić information content (AvgIpc) is 3.09. The van der Waals surface area contributed by atoms with E-state index in [1.165, 1.54) is 4.90 Å². The lowest BCUT2D eigenvalue weighted by Crippen LogP contribution is -2.37. The number of aromatic nitrogens is 1. The Bertz CT molecular complexity index is 1090. The molecule has 6 heteroatoms. The molecule has 1 aliphatic heterocycles. The second-order valence-corrected chi connectivity index (χ2v) is 8.49. The summed E-state index contributed by atoms with van der Waals surface area (Å²) < 4.78 is 5.26. The Morgan fingerprint density at radius 1 is 1.06 bits per heavy atom. The van der Waals surface area contributed by atoms with Crippen molar-refractivity contribution in [3.8, 4) is 5.75 Å². The normalized spacial score (nSPS) is 18.9. The second-order valence-electron chi connectivity index (χ2n) is 8.49. The molecule has 4 rings (SSSR count). The van der Waals surface area contributed by atoms with E-state index in [9.17, 15) is 9.59 Å². The molecule has 33 heavy (non-hydrogen) atoms. The van der Waals surface area contributed by atoms with Crippen molar-refractivity contribution < 1.29 is 14.3 Å². The van der Waals surface area contributed by atoms with Crippen LogP contribution in [-0.2, 0) is 11.2 Å². The molecule has 0 aliphatic carbocycles. The molecule has 170 valence electrons. The van der Waals surface area contributed by atoms with Gasteiger partial charge in [-0.2, -0.15) is 0 Å². The number of rotatable bonds is 7. The zero-order chi connectivity index (χ0) is 23.4. The predicted octanol–water partition coefficient (Wildman–Crippen LogP) is 4.83. The molecule has 6 nitrogen and oxygen atoms in total. The maximum atomic E-state index is 13.6. The van der Waals surface area contributed by atoms with Crippen LogP contribution in [0, 0.1) is 0 Å². The van der Waals surface area contributed by atoms with Gasteiger partial charge in [-0.15, -0.1) is 0 Å². The number of pyridine rings is 1. The van der Waals surface area contributed by atoms with E-state index < -0.39 is 0 Å². The monoisotopic (exact) mass is 443 g/mol. The number of imide groups is 1. The predicted molar refractivity (Wildman–Crippen MR) is 127 cm³/mol. The van der Waals surface area contributed by atoms with Crippen molar-refractivity contribution in [1.29, 1.82) is 0 Å². The van der Waals surface area contributed by atoms with Gasteiger partial charge in [-0.1, -0.05) is 48.5 Å². The lowest BCUT2D eigenvalue weighted by atomic mass is 9.89. The second kappa shape index (κ2) is 9.86. The summed E-state index contributed by atoms with van der Waals surface area (Å²) in [6.07, 6.45) is 4.40. The van der Waals surface area contributed by atoms with E-state index in [4.69, 9.17) is 4.74 Å². The first kappa shape index (κ1) is 22.5. The van der Waals surface area contributed by atoms with Crippen LogP contribution in [0.15, 0.2) is 79.1 Å². The Labute approximate surface area is 194 Å². The maximum Gasteiger partial charge on any atom is 0.327 e. The van der Waals surface area contributed by atoms with Crippen LogP contribution in [-0.4, -0.2) is 46.9 Å². The maximum absolute atomic E-state index is 13.6. The minimum Gasteiger partial charge on any atom is -0.497 e. The quantitative estimate of drug-likeness (QED) is 0.525. The van der Waals surface area contributed by atoms with Crippen LogP contribution in [0.3, 0.4) is 0 Å². The zero-order valence-electron chi connectivity index (χ0n) is 19.2. The molecule has 0 radical (unpaired) electrons. The third kappa shape index (κ3) is 4.75. The molecule has 3 amide bonds. The molecule has 1 fully saturated rings. The molecule has 3 aromatic rings.